The fourth-order valence-corrected chi connectivity index (χ4v) is 2.10. The summed E-state index contributed by atoms with van der Waals surface area (Å²) in [5, 5.41) is 23.1. The fraction of sp³-hybridized carbons (Fsp3) is 0.333. The van der Waals surface area contributed by atoms with Crippen molar-refractivity contribution < 1.29 is 19.4 Å². The molecule has 6 nitrogen and oxygen atoms in total. The Bertz CT molecular complexity index is 694. The van der Waals surface area contributed by atoms with Gasteiger partial charge in [-0.25, -0.2) is 0 Å². The zero-order valence-corrected chi connectivity index (χ0v) is 11.6. The molecule has 0 radical (unpaired) electrons. The van der Waals surface area contributed by atoms with Gasteiger partial charge in [-0.3, -0.25) is 9.59 Å². The molecule has 21 heavy (non-hydrogen) atoms. The zero-order chi connectivity index (χ0) is 15.4. The lowest BCUT2D eigenvalue weighted by Crippen LogP contribution is -2.23. The van der Waals surface area contributed by atoms with Crippen LogP contribution in [-0.4, -0.2) is 36.2 Å². The van der Waals surface area contributed by atoms with E-state index in [9.17, 15) is 19.8 Å². The second-order valence-electron chi connectivity index (χ2n) is 4.80. The Hall–Kier alpha value is -2.02. The van der Waals surface area contributed by atoms with Crippen molar-refractivity contribution in [2.75, 3.05) is 13.6 Å². The summed E-state index contributed by atoms with van der Waals surface area (Å²) >= 11 is 0. The first-order valence-corrected chi connectivity index (χ1v) is 6.60. The van der Waals surface area contributed by atoms with Gasteiger partial charge >= 0.3 is 0 Å². The van der Waals surface area contributed by atoms with Crippen LogP contribution in [-0.2, 0) is 0 Å². The van der Waals surface area contributed by atoms with Crippen LogP contribution in [0.1, 0.15) is 28.4 Å². The van der Waals surface area contributed by atoms with Crippen molar-refractivity contribution in [3.8, 4) is 0 Å². The Morgan fingerprint density at radius 3 is 2.81 bits per heavy atom. The normalized spacial score (nSPS) is 14.0. The Morgan fingerprint density at radius 2 is 2.14 bits per heavy atom. The number of hydrogen-bond acceptors (Lipinski definition) is 6. The predicted molar refractivity (Wildman–Crippen MR) is 77.4 cm³/mol. The van der Waals surface area contributed by atoms with E-state index < -0.39 is 17.6 Å². The first-order valence-electron chi connectivity index (χ1n) is 6.60. The lowest BCUT2D eigenvalue weighted by atomic mass is 10.00. The minimum Gasteiger partial charge on any atom is -0.463 e. The average Bonchev–Trinajstić information content (AvgIpc) is 2.52. The zero-order valence-electron chi connectivity index (χ0n) is 11.6. The Kier molecular flexibility index (Phi) is 4.85. The molecule has 112 valence electrons. The van der Waals surface area contributed by atoms with Crippen molar-refractivity contribution >= 4 is 17.3 Å². The van der Waals surface area contributed by atoms with Crippen LogP contribution in [0.3, 0.4) is 0 Å². The Morgan fingerprint density at radius 1 is 1.38 bits per heavy atom. The van der Waals surface area contributed by atoms with Crippen molar-refractivity contribution in [3.05, 3.63) is 45.8 Å². The van der Waals surface area contributed by atoms with Crippen LogP contribution in [0, 0.1) is 0 Å². The van der Waals surface area contributed by atoms with Gasteiger partial charge in [0, 0.05) is 0 Å². The predicted octanol–water partition coefficient (Wildman–Crippen LogP) is 0.609. The molecule has 1 aromatic heterocycles. The van der Waals surface area contributed by atoms with Crippen molar-refractivity contribution in [2.45, 2.75) is 18.6 Å². The minimum atomic E-state index is -1.11. The third kappa shape index (κ3) is 3.18. The second-order valence-corrected chi connectivity index (χ2v) is 4.80. The van der Waals surface area contributed by atoms with Gasteiger partial charge < -0.3 is 19.9 Å². The maximum absolute atomic E-state index is 12.0. The van der Waals surface area contributed by atoms with E-state index in [1.165, 1.54) is 12.1 Å². The van der Waals surface area contributed by atoms with Gasteiger partial charge in [0.2, 0.25) is 5.43 Å². The molecule has 2 unspecified atom stereocenters. The molecule has 0 aliphatic carbocycles. The SMILES string of the molecule is CNCCC(O)C(O)c1ccc2occ(C=O)c(=O)c2c1. The molecule has 2 atom stereocenters. The number of aliphatic hydroxyl groups is 2. The first-order chi connectivity index (χ1) is 10.1. The molecule has 0 bridgehead atoms. The van der Waals surface area contributed by atoms with Gasteiger partial charge in [0.05, 0.1) is 17.1 Å². The Balaban J connectivity index is 2.39. The quantitative estimate of drug-likeness (QED) is 0.674. The lowest BCUT2D eigenvalue weighted by molar-refractivity contribution is 0.0141. The molecular weight excluding hydrogens is 274 g/mol. The number of fused-ring (bicyclic) bond motifs is 1. The summed E-state index contributed by atoms with van der Waals surface area (Å²) in [5.74, 6) is 0. The standard InChI is InChI=1S/C15H17NO5/c1-16-5-4-12(18)15(20)9-2-3-13-11(6-9)14(19)10(7-17)8-21-13/h2-3,6-8,12,15-16,18,20H,4-5H2,1H3. The number of carbonyl (C=O) groups is 1. The first kappa shape index (κ1) is 15.4. The molecule has 3 N–H and O–H groups in total. The van der Waals surface area contributed by atoms with E-state index in [2.05, 4.69) is 5.32 Å². The van der Waals surface area contributed by atoms with Gasteiger partial charge in [0.1, 0.15) is 18.0 Å². The van der Waals surface area contributed by atoms with Crippen LogP contribution in [0.5, 0.6) is 0 Å². The van der Waals surface area contributed by atoms with Gasteiger partial charge in [-0.15, -0.1) is 0 Å². The molecule has 0 amide bonds. The molecule has 0 aliphatic rings. The smallest absolute Gasteiger partial charge is 0.203 e. The summed E-state index contributed by atoms with van der Waals surface area (Å²) in [6.07, 6.45) is -0.150. The maximum atomic E-state index is 12.0. The van der Waals surface area contributed by atoms with Gasteiger partial charge in [-0.1, -0.05) is 6.07 Å². The molecule has 2 aromatic rings. The van der Waals surface area contributed by atoms with Crippen molar-refractivity contribution in [3.63, 3.8) is 0 Å². The van der Waals surface area contributed by atoms with E-state index >= 15 is 0 Å². The molecule has 0 spiro atoms. The number of aldehydes is 1. The average molecular weight is 291 g/mol. The molecule has 0 saturated carbocycles. The number of hydrogen-bond donors (Lipinski definition) is 3. The number of aliphatic hydroxyl groups excluding tert-OH is 2. The molecule has 0 saturated heterocycles. The highest BCUT2D eigenvalue weighted by atomic mass is 16.3. The van der Waals surface area contributed by atoms with Crippen LogP contribution < -0.4 is 10.7 Å². The summed E-state index contributed by atoms with van der Waals surface area (Å²) in [5.41, 5.74) is 0.197. The fourth-order valence-electron chi connectivity index (χ4n) is 2.10. The number of benzene rings is 1. The highest BCUT2D eigenvalue weighted by molar-refractivity contribution is 5.84. The van der Waals surface area contributed by atoms with Crippen molar-refractivity contribution in [1.82, 2.24) is 5.32 Å². The van der Waals surface area contributed by atoms with E-state index in [0.717, 1.165) is 6.26 Å². The van der Waals surface area contributed by atoms with E-state index in [1.807, 2.05) is 0 Å². The minimum absolute atomic E-state index is 0.0788. The summed E-state index contributed by atoms with van der Waals surface area (Å²) in [7, 11) is 1.75. The Labute approximate surface area is 121 Å². The second kappa shape index (κ2) is 6.62. The topological polar surface area (TPSA) is 99.8 Å². The maximum Gasteiger partial charge on any atom is 0.203 e. The highest BCUT2D eigenvalue weighted by Crippen LogP contribution is 2.22. The lowest BCUT2D eigenvalue weighted by Gasteiger charge is -2.18. The van der Waals surface area contributed by atoms with Gasteiger partial charge in [0.25, 0.3) is 0 Å². The molecule has 2 rings (SSSR count). The van der Waals surface area contributed by atoms with Crippen LogP contribution in [0.25, 0.3) is 11.0 Å². The molecular formula is C15H17NO5. The van der Waals surface area contributed by atoms with Crippen molar-refractivity contribution in [1.29, 1.82) is 0 Å². The molecule has 0 fully saturated rings. The highest BCUT2D eigenvalue weighted by Gasteiger charge is 2.19. The van der Waals surface area contributed by atoms with Crippen LogP contribution in [0.2, 0.25) is 0 Å². The van der Waals surface area contributed by atoms with Crippen molar-refractivity contribution in [2.24, 2.45) is 0 Å². The van der Waals surface area contributed by atoms with E-state index in [4.69, 9.17) is 4.42 Å². The summed E-state index contributed by atoms with van der Waals surface area (Å²) in [6.45, 7) is 0.559. The van der Waals surface area contributed by atoms with E-state index in [-0.39, 0.29) is 10.9 Å². The third-order valence-electron chi connectivity index (χ3n) is 3.35. The molecule has 1 aromatic carbocycles. The molecule has 0 aliphatic heterocycles. The van der Waals surface area contributed by atoms with Gasteiger partial charge in [-0.2, -0.15) is 0 Å². The number of rotatable bonds is 6. The van der Waals surface area contributed by atoms with Crippen LogP contribution >= 0.6 is 0 Å². The largest absolute Gasteiger partial charge is 0.463 e. The summed E-state index contributed by atoms with van der Waals surface area (Å²) in [6, 6.07) is 4.56. The van der Waals surface area contributed by atoms with Crippen LogP contribution in [0.4, 0.5) is 0 Å². The monoisotopic (exact) mass is 291 g/mol. The molecule has 6 heteroatoms. The van der Waals surface area contributed by atoms with Gasteiger partial charge in [0.15, 0.2) is 6.29 Å². The van der Waals surface area contributed by atoms with Crippen LogP contribution in [0.15, 0.2) is 33.7 Å². The number of nitrogens with one attached hydrogen (secondary N) is 1. The van der Waals surface area contributed by atoms with E-state index in [0.29, 0.717) is 30.4 Å². The molecule has 1 heterocycles. The summed E-state index contributed by atoms with van der Waals surface area (Å²) < 4.78 is 5.19. The third-order valence-corrected chi connectivity index (χ3v) is 3.35. The van der Waals surface area contributed by atoms with E-state index in [1.54, 1.807) is 13.1 Å². The summed E-state index contributed by atoms with van der Waals surface area (Å²) in [4.78, 5) is 22.8. The number of carbonyl (C=O) groups excluding carboxylic acids is 1. The van der Waals surface area contributed by atoms with Gasteiger partial charge in [-0.05, 0) is 37.7 Å².